The normalized spacial score (nSPS) is 15.8. The quantitative estimate of drug-likeness (QED) is 0.590. The predicted octanol–water partition coefficient (Wildman–Crippen LogP) is 5.20. The minimum Gasteiger partial charge on any atom is -0.445 e. The van der Waals surface area contributed by atoms with Crippen LogP contribution in [0.1, 0.15) is 18.4 Å². The van der Waals surface area contributed by atoms with Crippen molar-refractivity contribution in [1.29, 1.82) is 0 Å². The summed E-state index contributed by atoms with van der Waals surface area (Å²) >= 11 is 7.55. The Kier molecular flexibility index (Phi) is 6.30. The number of aromatic nitrogens is 1. The smallest absolute Gasteiger partial charge is 0.410 e. The largest absolute Gasteiger partial charge is 0.445 e. The number of hydrogen-bond acceptors (Lipinski definition) is 5. The number of likely N-dealkylation sites (tertiary alicyclic amines) is 1. The van der Waals surface area contributed by atoms with Crippen LogP contribution in [0.4, 0.5) is 9.93 Å². The molecular weight excluding hydrogens is 422 g/mol. The van der Waals surface area contributed by atoms with Gasteiger partial charge in [0.1, 0.15) is 12.6 Å². The van der Waals surface area contributed by atoms with Crippen LogP contribution in [0.5, 0.6) is 0 Å². The number of amides is 2. The molecule has 1 aliphatic heterocycles. The van der Waals surface area contributed by atoms with Crippen LogP contribution in [0.2, 0.25) is 5.02 Å². The first kappa shape index (κ1) is 20.4. The second-order valence-electron chi connectivity index (χ2n) is 6.90. The summed E-state index contributed by atoms with van der Waals surface area (Å²) in [6.07, 6.45) is 0.864. The van der Waals surface area contributed by atoms with Gasteiger partial charge in [-0.15, -0.1) is 11.3 Å². The molecule has 2 aromatic carbocycles. The average Bonchev–Trinajstić information content (AvgIpc) is 3.43. The minimum atomic E-state index is -0.569. The molecular formula is C22H20ClN3O3S. The molecule has 1 saturated heterocycles. The van der Waals surface area contributed by atoms with Gasteiger partial charge in [-0.2, -0.15) is 0 Å². The summed E-state index contributed by atoms with van der Waals surface area (Å²) in [7, 11) is 0. The van der Waals surface area contributed by atoms with Gasteiger partial charge in [0, 0.05) is 22.5 Å². The molecule has 8 heteroatoms. The highest BCUT2D eigenvalue weighted by Crippen LogP contribution is 2.30. The van der Waals surface area contributed by atoms with Gasteiger partial charge in [0.2, 0.25) is 5.91 Å². The van der Waals surface area contributed by atoms with E-state index in [9.17, 15) is 9.59 Å². The Bertz CT molecular complexity index is 1040. The molecule has 0 spiro atoms. The Morgan fingerprint density at radius 1 is 1.17 bits per heavy atom. The van der Waals surface area contributed by atoms with Crippen molar-refractivity contribution in [3.05, 3.63) is 70.6 Å². The summed E-state index contributed by atoms with van der Waals surface area (Å²) in [5.41, 5.74) is 2.41. The second kappa shape index (κ2) is 9.28. The summed E-state index contributed by atoms with van der Waals surface area (Å²) in [4.78, 5) is 31.3. The SMILES string of the molecule is O=C(Nc1nc(-c2ccccc2Cl)cs1)[C@@H]1CCCN1C(=O)OCc1ccccc1. The van der Waals surface area contributed by atoms with Crippen molar-refractivity contribution in [2.24, 2.45) is 0 Å². The average molecular weight is 442 g/mol. The first-order valence-corrected chi connectivity index (χ1v) is 10.9. The Hall–Kier alpha value is -2.90. The van der Waals surface area contributed by atoms with Crippen LogP contribution in [-0.2, 0) is 16.1 Å². The van der Waals surface area contributed by atoms with Gasteiger partial charge >= 0.3 is 6.09 Å². The van der Waals surface area contributed by atoms with Crippen molar-refractivity contribution in [2.75, 3.05) is 11.9 Å². The molecule has 1 fully saturated rings. The molecule has 1 aliphatic rings. The zero-order valence-electron chi connectivity index (χ0n) is 16.1. The van der Waals surface area contributed by atoms with Gasteiger partial charge in [-0.05, 0) is 24.5 Å². The molecule has 4 rings (SSSR count). The highest BCUT2D eigenvalue weighted by Gasteiger charge is 2.35. The lowest BCUT2D eigenvalue weighted by atomic mass is 10.2. The zero-order chi connectivity index (χ0) is 20.9. The molecule has 3 aromatic rings. The lowest BCUT2D eigenvalue weighted by Gasteiger charge is -2.22. The molecule has 1 atom stereocenters. The summed E-state index contributed by atoms with van der Waals surface area (Å²) in [6, 6.07) is 16.3. The zero-order valence-corrected chi connectivity index (χ0v) is 17.7. The van der Waals surface area contributed by atoms with Crippen molar-refractivity contribution in [3.8, 4) is 11.3 Å². The highest BCUT2D eigenvalue weighted by molar-refractivity contribution is 7.14. The van der Waals surface area contributed by atoms with Crippen LogP contribution < -0.4 is 5.32 Å². The summed E-state index contributed by atoms with van der Waals surface area (Å²) in [6.45, 7) is 0.673. The van der Waals surface area contributed by atoms with Gasteiger partial charge in [0.25, 0.3) is 0 Å². The Morgan fingerprint density at radius 3 is 2.73 bits per heavy atom. The van der Waals surface area contributed by atoms with Crippen molar-refractivity contribution in [1.82, 2.24) is 9.88 Å². The molecule has 0 saturated carbocycles. The van der Waals surface area contributed by atoms with E-state index in [0.29, 0.717) is 28.8 Å². The van der Waals surface area contributed by atoms with Gasteiger partial charge in [0.05, 0.1) is 5.69 Å². The number of rotatable bonds is 5. The third-order valence-corrected chi connectivity index (χ3v) is 5.97. The third-order valence-electron chi connectivity index (χ3n) is 4.88. The third kappa shape index (κ3) is 4.63. The molecule has 0 radical (unpaired) electrons. The van der Waals surface area contributed by atoms with Gasteiger partial charge in [-0.3, -0.25) is 9.69 Å². The second-order valence-corrected chi connectivity index (χ2v) is 8.16. The van der Waals surface area contributed by atoms with E-state index < -0.39 is 12.1 Å². The number of nitrogens with one attached hydrogen (secondary N) is 1. The molecule has 0 bridgehead atoms. The number of carbonyl (C=O) groups is 2. The number of nitrogens with zero attached hydrogens (tertiary/aromatic N) is 2. The van der Waals surface area contributed by atoms with E-state index in [1.807, 2.05) is 53.9 Å². The molecule has 0 unspecified atom stereocenters. The lowest BCUT2D eigenvalue weighted by molar-refractivity contribution is -0.120. The van der Waals surface area contributed by atoms with Crippen LogP contribution in [0, 0.1) is 0 Å². The van der Waals surface area contributed by atoms with E-state index >= 15 is 0 Å². The monoisotopic (exact) mass is 441 g/mol. The summed E-state index contributed by atoms with van der Waals surface area (Å²) in [5, 5.41) is 5.75. The summed E-state index contributed by atoms with van der Waals surface area (Å²) < 4.78 is 5.40. The van der Waals surface area contributed by atoms with Crippen LogP contribution in [0.3, 0.4) is 0 Å². The van der Waals surface area contributed by atoms with Gasteiger partial charge in [0.15, 0.2) is 5.13 Å². The number of ether oxygens (including phenoxy) is 1. The van der Waals surface area contributed by atoms with Gasteiger partial charge < -0.3 is 10.1 Å². The van der Waals surface area contributed by atoms with E-state index in [-0.39, 0.29) is 12.5 Å². The van der Waals surface area contributed by atoms with Crippen LogP contribution in [0.25, 0.3) is 11.3 Å². The van der Waals surface area contributed by atoms with Crippen molar-refractivity contribution in [3.63, 3.8) is 0 Å². The maximum Gasteiger partial charge on any atom is 0.410 e. The fourth-order valence-corrected chi connectivity index (χ4v) is 4.32. The Labute approximate surface area is 183 Å². The number of benzene rings is 2. The van der Waals surface area contributed by atoms with Crippen LogP contribution in [-0.4, -0.2) is 34.5 Å². The van der Waals surface area contributed by atoms with Crippen LogP contribution >= 0.6 is 22.9 Å². The highest BCUT2D eigenvalue weighted by atomic mass is 35.5. The molecule has 30 heavy (non-hydrogen) atoms. The number of halogens is 1. The minimum absolute atomic E-state index is 0.179. The predicted molar refractivity (Wildman–Crippen MR) is 118 cm³/mol. The topological polar surface area (TPSA) is 71.5 Å². The van der Waals surface area contributed by atoms with Crippen molar-refractivity contribution < 1.29 is 14.3 Å². The number of hydrogen-bond donors (Lipinski definition) is 1. The first-order valence-electron chi connectivity index (χ1n) is 9.60. The van der Waals surface area contributed by atoms with E-state index in [0.717, 1.165) is 17.5 Å². The van der Waals surface area contributed by atoms with E-state index in [1.54, 1.807) is 6.07 Å². The standard InChI is InChI=1S/C22H20ClN3O3S/c23-17-10-5-4-9-16(17)18-14-30-21(24-18)25-20(27)19-11-6-12-26(19)22(28)29-13-15-7-2-1-3-8-15/h1-5,7-10,14,19H,6,11-13H2,(H,24,25,27)/t19-/m0/s1. The van der Waals surface area contributed by atoms with Crippen LogP contribution in [0.15, 0.2) is 60.0 Å². The number of thiazole rings is 1. The molecule has 0 aliphatic carbocycles. The van der Waals surface area contributed by atoms with Gasteiger partial charge in [-0.1, -0.05) is 60.1 Å². The van der Waals surface area contributed by atoms with E-state index in [2.05, 4.69) is 10.3 Å². The number of carbonyl (C=O) groups excluding carboxylic acids is 2. The molecule has 6 nitrogen and oxygen atoms in total. The number of anilines is 1. The first-order chi connectivity index (χ1) is 14.6. The molecule has 2 amide bonds. The lowest BCUT2D eigenvalue weighted by Crippen LogP contribution is -2.43. The fraction of sp³-hybridized carbons (Fsp3) is 0.227. The maximum absolute atomic E-state index is 12.8. The molecule has 154 valence electrons. The van der Waals surface area contributed by atoms with Gasteiger partial charge in [-0.25, -0.2) is 9.78 Å². The Balaban J connectivity index is 1.38. The Morgan fingerprint density at radius 2 is 1.93 bits per heavy atom. The van der Waals surface area contributed by atoms with Crippen molar-refractivity contribution >= 4 is 40.1 Å². The maximum atomic E-state index is 12.8. The molecule has 1 N–H and O–H groups in total. The molecule has 2 heterocycles. The molecule has 1 aromatic heterocycles. The summed E-state index contributed by atoms with van der Waals surface area (Å²) in [5.74, 6) is -0.260. The van der Waals surface area contributed by atoms with E-state index in [1.165, 1.54) is 16.2 Å². The van der Waals surface area contributed by atoms with E-state index in [4.69, 9.17) is 16.3 Å². The van der Waals surface area contributed by atoms with Crippen molar-refractivity contribution in [2.45, 2.75) is 25.5 Å². The fourth-order valence-electron chi connectivity index (χ4n) is 3.37.